The van der Waals surface area contributed by atoms with Gasteiger partial charge in [0, 0.05) is 49.8 Å². The van der Waals surface area contributed by atoms with Gasteiger partial charge in [-0.3, -0.25) is 9.69 Å². The average Bonchev–Trinajstić information content (AvgIpc) is 3.16. The number of H-pyrrole nitrogens is 1. The predicted octanol–water partition coefficient (Wildman–Crippen LogP) is 3.18. The Balaban J connectivity index is 1.40. The Bertz CT molecular complexity index is 1040. The number of amides is 1. The number of carbonyl (C=O) groups excluding carboxylic acids is 1. The number of nitriles is 1. The minimum absolute atomic E-state index is 0.0459. The molecule has 0 atom stereocenters. The van der Waals surface area contributed by atoms with Gasteiger partial charge >= 0.3 is 0 Å². The van der Waals surface area contributed by atoms with Crippen molar-refractivity contribution in [3.63, 3.8) is 0 Å². The van der Waals surface area contributed by atoms with Crippen molar-refractivity contribution < 1.29 is 9.18 Å². The van der Waals surface area contributed by atoms with Crippen molar-refractivity contribution in [3.8, 4) is 6.07 Å². The summed E-state index contributed by atoms with van der Waals surface area (Å²) in [7, 11) is 0. The number of halogens is 1. The topological polar surface area (TPSA) is 63.1 Å². The van der Waals surface area contributed by atoms with Crippen LogP contribution in [0, 0.1) is 17.1 Å². The molecule has 142 valence electrons. The molecule has 1 aliphatic heterocycles. The van der Waals surface area contributed by atoms with Gasteiger partial charge in [-0.25, -0.2) is 4.39 Å². The summed E-state index contributed by atoms with van der Waals surface area (Å²) in [6.45, 7) is 3.54. The molecule has 2 heterocycles. The molecule has 1 fully saturated rings. The van der Waals surface area contributed by atoms with Gasteiger partial charge in [-0.05, 0) is 30.2 Å². The summed E-state index contributed by atoms with van der Waals surface area (Å²) in [6.07, 6.45) is 2.30. The van der Waals surface area contributed by atoms with Gasteiger partial charge in [-0.15, -0.1) is 0 Å². The lowest BCUT2D eigenvalue weighted by Gasteiger charge is -2.35. The van der Waals surface area contributed by atoms with Gasteiger partial charge in [0.25, 0.3) is 5.91 Å². The van der Waals surface area contributed by atoms with Gasteiger partial charge in [0.2, 0.25) is 0 Å². The Hall–Kier alpha value is -3.17. The van der Waals surface area contributed by atoms with Crippen LogP contribution in [-0.4, -0.2) is 53.4 Å². The molecule has 1 N–H and O–H groups in total. The first-order valence-corrected chi connectivity index (χ1v) is 9.42. The second-order valence-corrected chi connectivity index (χ2v) is 7.02. The standard InChI is InChI=1S/C22H21FN4O/c23-19-6-2-1-4-16(19)8-9-26-10-12-27(13-11-26)22(28)18-5-3-7-20-21(18)17(14-24)15-25-20/h1-7,15,25H,8-13H2. The zero-order valence-corrected chi connectivity index (χ0v) is 15.5. The molecule has 28 heavy (non-hydrogen) atoms. The highest BCUT2D eigenvalue weighted by Crippen LogP contribution is 2.24. The molecule has 5 nitrogen and oxygen atoms in total. The minimum Gasteiger partial charge on any atom is -0.360 e. The number of fused-ring (bicyclic) bond motifs is 1. The van der Waals surface area contributed by atoms with Crippen LogP contribution in [0.2, 0.25) is 0 Å². The molecule has 4 rings (SSSR count). The Morgan fingerprint density at radius 3 is 2.64 bits per heavy atom. The minimum atomic E-state index is -0.163. The number of rotatable bonds is 4. The van der Waals surface area contributed by atoms with E-state index in [4.69, 9.17) is 0 Å². The van der Waals surface area contributed by atoms with E-state index in [9.17, 15) is 14.4 Å². The van der Waals surface area contributed by atoms with Crippen LogP contribution in [-0.2, 0) is 6.42 Å². The molecule has 3 aromatic rings. The number of piperazine rings is 1. The lowest BCUT2D eigenvalue weighted by Crippen LogP contribution is -2.49. The van der Waals surface area contributed by atoms with Crippen molar-refractivity contribution in [2.24, 2.45) is 0 Å². The third-order valence-electron chi connectivity index (χ3n) is 5.37. The predicted molar refractivity (Wildman–Crippen MR) is 105 cm³/mol. The molecule has 2 aromatic carbocycles. The molecule has 1 aliphatic rings. The van der Waals surface area contributed by atoms with Crippen molar-refractivity contribution in [1.82, 2.24) is 14.8 Å². The normalized spacial score (nSPS) is 14.9. The fourth-order valence-electron chi connectivity index (χ4n) is 3.78. The lowest BCUT2D eigenvalue weighted by molar-refractivity contribution is 0.0640. The van der Waals surface area contributed by atoms with Gasteiger partial charge in [-0.1, -0.05) is 24.3 Å². The third-order valence-corrected chi connectivity index (χ3v) is 5.37. The van der Waals surface area contributed by atoms with Crippen LogP contribution < -0.4 is 0 Å². The van der Waals surface area contributed by atoms with Gasteiger partial charge < -0.3 is 9.88 Å². The van der Waals surface area contributed by atoms with E-state index in [-0.39, 0.29) is 11.7 Å². The summed E-state index contributed by atoms with van der Waals surface area (Å²) in [6, 6.07) is 14.5. The summed E-state index contributed by atoms with van der Waals surface area (Å²) in [4.78, 5) is 20.2. The molecule has 0 bridgehead atoms. The van der Waals surface area contributed by atoms with Gasteiger partial charge in [0.05, 0.1) is 11.1 Å². The number of benzene rings is 2. The molecule has 6 heteroatoms. The molecular formula is C22H21FN4O. The third kappa shape index (κ3) is 3.49. The van der Waals surface area contributed by atoms with Crippen molar-refractivity contribution in [2.45, 2.75) is 6.42 Å². The number of hydrogen-bond acceptors (Lipinski definition) is 3. The monoisotopic (exact) mass is 376 g/mol. The molecule has 0 aliphatic carbocycles. The second-order valence-electron chi connectivity index (χ2n) is 7.02. The van der Waals surface area contributed by atoms with E-state index in [0.29, 0.717) is 36.0 Å². The average molecular weight is 376 g/mol. The summed E-state index contributed by atoms with van der Waals surface area (Å²) in [5.74, 6) is -0.209. The summed E-state index contributed by atoms with van der Waals surface area (Å²) >= 11 is 0. The van der Waals surface area contributed by atoms with E-state index in [1.165, 1.54) is 6.07 Å². The lowest BCUT2D eigenvalue weighted by atomic mass is 10.0. The molecule has 1 aromatic heterocycles. The van der Waals surface area contributed by atoms with Crippen LogP contribution in [0.5, 0.6) is 0 Å². The fourth-order valence-corrected chi connectivity index (χ4v) is 3.78. The van der Waals surface area contributed by atoms with Crippen LogP contribution in [0.1, 0.15) is 21.5 Å². The van der Waals surface area contributed by atoms with E-state index < -0.39 is 0 Å². The Morgan fingerprint density at radius 2 is 1.89 bits per heavy atom. The number of aromatic amines is 1. The first kappa shape index (κ1) is 18.2. The molecule has 0 saturated carbocycles. The number of hydrogen-bond donors (Lipinski definition) is 1. The van der Waals surface area contributed by atoms with E-state index in [1.807, 2.05) is 29.2 Å². The maximum absolute atomic E-state index is 13.8. The highest BCUT2D eigenvalue weighted by Gasteiger charge is 2.24. The summed E-state index contributed by atoms with van der Waals surface area (Å²) in [5, 5.41) is 10.0. The van der Waals surface area contributed by atoms with E-state index in [2.05, 4.69) is 16.0 Å². The number of nitrogens with one attached hydrogen (secondary N) is 1. The van der Waals surface area contributed by atoms with Crippen LogP contribution >= 0.6 is 0 Å². The Morgan fingerprint density at radius 1 is 1.11 bits per heavy atom. The van der Waals surface area contributed by atoms with E-state index >= 15 is 0 Å². The maximum atomic E-state index is 13.8. The number of nitrogens with zero attached hydrogens (tertiary/aromatic N) is 3. The Labute approximate surface area is 163 Å². The summed E-state index contributed by atoms with van der Waals surface area (Å²) < 4.78 is 13.8. The number of aromatic nitrogens is 1. The largest absolute Gasteiger partial charge is 0.360 e. The second kappa shape index (κ2) is 7.83. The maximum Gasteiger partial charge on any atom is 0.254 e. The van der Waals surface area contributed by atoms with Crippen molar-refractivity contribution in [1.29, 1.82) is 5.26 Å². The molecule has 0 radical (unpaired) electrons. The van der Waals surface area contributed by atoms with Gasteiger partial charge in [0.1, 0.15) is 11.9 Å². The zero-order chi connectivity index (χ0) is 19.5. The molecule has 1 saturated heterocycles. The van der Waals surface area contributed by atoms with Gasteiger partial charge in [-0.2, -0.15) is 5.26 Å². The quantitative estimate of drug-likeness (QED) is 0.761. The van der Waals surface area contributed by atoms with Crippen molar-refractivity contribution in [3.05, 3.63) is 71.2 Å². The Kier molecular flexibility index (Phi) is 5.09. The molecular weight excluding hydrogens is 355 g/mol. The fraction of sp³-hybridized carbons (Fsp3) is 0.273. The molecule has 0 unspecified atom stereocenters. The smallest absolute Gasteiger partial charge is 0.254 e. The highest BCUT2D eigenvalue weighted by atomic mass is 19.1. The number of carbonyl (C=O) groups is 1. The zero-order valence-electron chi connectivity index (χ0n) is 15.5. The first-order valence-electron chi connectivity index (χ1n) is 9.42. The van der Waals surface area contributed by atoms with E-state index in [1.54, 1.807) is 18.3 Å². The first-order chi connectivity index (χ1) is 13.7. The van der Waals surface area contributed by atoms with Crippen molar-refractivity contribution in [2.75, 3.05) is 32.7 Å². The molecule has 0 spiro atoms. The van der Waals surface area contributed by atoms with Crippen LogP contribution in [0.3, 0.4) is 0 Å². The summed E-state index contributed by atoms with van der Waals surface area (Å²) in [5.41, 5.74) is 2.58. The van der Waals surface area contributed by atoms with Crippen LogP contribution in [0.15, 0.2) is 48.7 Å². The van der Waals surface area contributed by atoms with Crippen LogP contribution in [0.25, 0.3) is 10.9 Å². The highest BCUT2D eigenvalue weighted by molar-refractivity contribution is 6.08. The molecule has 1 amide bonds. The SMILES string of the molecule is N#Cc1c[nH]c2cccc(C(=O)N3CCN(CCc4ccccc4F)CC3)c12. The van der Waals surface area contributed by atoms with Crippen LogP contribution in [0.4, 0.5) is 4.39 Å². The van der Waals surface area contributed by atoms with E-state index in [0.717, 1.165) is 30.7 Å². The van der Waals surface area contributed by atoms with Gasteiger partial charge in [0.15, 0.2) is 0 Å². The van der Waals surface area contributed by atoms with Crippen molar-refractivity contribution >= 4 is 16.8 Å².